The monoisotopic (exact) mass is 369 g/mol. The quantitative estimate of drug-likeness (QED) is 0.770. The summed E-state index contributed by atoms with van der Waals surface area (Å²) in [7, 11) is 0. The van der Waals surface area contributed by atoms with Crippen molar-refractivity contribution in [2.24, 2.45) is 11.3 Å². The predicted octanol–water partition coefficient (Wildman–Crippen LogP) is 2.68. The number of anilines is 1. The van der Waals surface area contributed by atoms with E-state index in [-0.39, 0.29) is 11.8 Å². The van der Waals surface area contributed by atoms with Gasteiger partial charge < -0.3 is 14.7 Å². The van der Waals surface area contributed by atoms with E-state index >= 15 is 0 Å². The molecule has 3 aliphatic rings. The number of aryl methyl sites for hydroxylation is 1. The molecule has 1 aliphatic carbocycles. The van der Waals surface area contributed by atoms with Crippen LogP contribution < -0.4 is 4.90 Å². The minimum absolute atomic E-state index is 0.0784. The number of rotatable bonds is 3. The molecular weight excluding hydrogens is 338 g/mol. The highest BCUT2D eigenvalue weighted by Gasteiger charge is 2.59. The van der Waals surface area contributed by atoms with Gasteiger partial charge in [-0.1, -0.05) is 19.1 Å². The number of carbonyl (C=O) groups is 2. The van der Waals surface area contributed by atoms with Crippen LogP contribution in [0.2, 0.25) is 0 Å². The molecule has 1 aromatic carbocycles. The third-order valence-electron chi connectivity index (χ3n) is 6.45. The van der Waals surface area contributed by atoms with Crippen LogP contribution in [-0.2, 0) is 9.59 Å². The second kappa shape index (κ2) is 7.17. The standard InChI is InChI=1S/C22H31N3O2/c1-17-5-3-7-19(15-17)23-11-13-24(14-12-23)20(26)22(8-9-22)21(27)25-10-4-6-18(2)16-25/h3,5,7,15,18H,4,6,8-14,16H2,1-2H3. The summed E-state index contributed by atoms with van der Waals surface area (Å²) in [4.78, 5) is 32.5. The molecule has 1 unspecified atom stereocenters. The van der Waals surface area contributed by atoms with Gasteiger partial charge in [0.2, 0.25) is 11.8 Å². The van der Waals surface area contributed by atoms with Crippen LogP contribution in [0.15, 0.2) is 24.3 Å². The average Bonchev–Trinajstić information content (AvgIpc) is 3.49. The van der Waals surface area contributed by atoms with E-state index in [4.69, 9.17) is 0 Å². The average molecular weight is 370 g/mol. The molecule has 27 heavy (non-hydrogen) atoms. The molecule has 2 heterocycles. The first-order chi connectivity index (χ1) is 13.0. The van der Waals surface area contributed by atoms with E-state index in [1.54, 1.807) is 0 Å². The highest BCUT2D eigenvalue weighted by atomic mass is 16.2. The lowest BCUT2D eigenvalue weighted by atomic mass is 9.96. The molecule has 0 radical (unpaired) electrons. The molecule has 1 aromatic rings. The Morgan fingerprint density at radius 1 is 1.00 bits per heavy atom. The lowest BCUT2D eigenvalue weighted by Gasteiger charge is -2.39. The summed E-state index contributed by atoms with van der Waals surface area (Å²) < 4.78 is 0. The van der Waals surface area contributed by atoms with Crippen LogP contribution in [0.1, 0.15) is 38.2 Å². The van der Waals surface area contributed by atoms with Gasteiger partial charge >= 0.3 is 0 Å². The number of piperidine rings is 1. The lowest BCUT2D eigenvalue weighted by Crippen LogP contribution is -2.54. The summed E-state index contributed by atoms with van der Waals surface area (Å²) in [5, 5.41) is 0. The van der Waals surface area contributed by atoms with Gasteiger partial charge in [0, 0.05) is 45.0 Å². The topological polar surface area (TPSA) is 43.9 Å². The Kier molecular flexibility index (Phi) is 4.87. The largest absolute Gasteiger partial charge is 0.368 e. The molecule has 1 atom stereocenters. The molecule has 4 rings (SSSR count). The van der Waals surface area contributed by atoms with Gasteiger partial charge in [0.05, 0.1) is 0 Å². The predicted molar refractivity (Wildman–Crippen MR) is 107 cm³/mol. The first kappa shape index (κ1) is 18.3. The summed E-state index contributed by atoms with van der Waals surface area (Å²) in [6.07, 6.45) is 3.71. The molecule has 0 spiro atoms. The van der Waals surface area contributed by atoms with Crippen LogP contribution in [0.3, 0.4) is 0 Å². The van der Waals surface area contributed by atoms with Crippen molar-refractivity contribution in [2.75, 3.05) is 44.2 Å². The third-order valence-corrected chi connectivity index (χ3v) is 6.45. The number of hydrogen-bond donors (Lipinski definition) is 0. The number of piperazine rings is 1. The molecule has 146 valence electrons. The van der Waals surface area contributed by atoms with E-state index in [9.17, 15) is 9.59 Å². The van der Waals surface area contributed by atoms with E-state index in [1.165, 1.54) is 17.7 Å². The lowest BCUT2D eigenvalue weighted by molar-refractivity contribution is -0.150. The maximum absolute atomic E-state index is 13.2. The number of likely N-dealkylation sites (tertiary alicyclic amines) is 1. The molecule has 2 saturated heterocycles. The van der Waals surface area contributed by atoms with Crippen molar-refractivity contribution in [3.05, 3.63) is 29.8 Å². The highest BCUT2D eigenvalue weighted by Crippen LogP contribution is 2.49. The molecule has 3 fully saturated rings. The summed E-state index contributed by atoms with van der Waals surface area (Å²) in [6, 6.07) is 8.52. The second-order valence-corrected chi connectivity index (χ2v) is 8.70. The second-order valence-electron chi connectivity index (χ2n) is 8.70. The van der Waals surface area contributed by atoms with Gasteiger partial charge in [-0.2, -0.15) is 0 Å². The van der Waals surface area contributed by atoms with Crippen LogP contribution in [0.5, 0.6) is 0 Å². The van der Waals surface area contributed by atoms with Gasteiger partial charge in [0.25, 0.3) is 0 Å². The number of benzene rings is 1. The van der Waals surface area contributed by atoms with Crippen LogP contribution in [0.25, 0.3) is 0 Å². The Bertz CT molecular complexity index is 720. The highest BCUT2D eigenvalue weighted by molar-refractivity contribution is 6.08. The summed E-state index contributed by atoms with van der Waals surface area (Å²) in [5.41, 5.74) is 1.74. The molecule has 2 aliphatic heterocycles. The van der Waals surface area contributed by atoms with Crippen molar-refractivity contribution in [2.45, 2.75) is 39.5 Å². The van der Waals surface area contributed by atoms with Crippen molar-refractivity contribution in [3.8, 4) is 0 Å². The molecule has 0 aromatic heterocycles. The van der Waals surface area contributed by atoms with E-state index in [0.717, 1.165) is 45.4 Å². The maximum atomic E-state index is 13.2. The van der Waals surface area contributed by atoms with E-state index in [1.807, 2.05) is 9.80 Å². The van der Waals surface area contributed by atoms with Crippen LogP contribution >= 0.6 is 0 Å². The van der Waals surface area contributed by atoms with Crippen LogP contribution in [0, 0.1) is 18.3 Å². The van der Waals surface area contributed by atoms with Crippen molar-refractivity contribution in [1.29, 1.82) is 0 Å². The summed E-state index contributed by atoms with van der Waals surface area (Å²) >= 11 is 0. The minimum Gasteiger partial charge on any atom is -0.368 e. The molecular formula is C22H31N3O2. The smallest absolute Gasteiger partial charge is 0.238 e. The van der Waals surface area contributed by atoms with Crippen molar-refractivity contribution < 1.29 is 9.59 Å². The van der Waals surface area contributed by atoms with E-state index < -0.39 is 5.41 Å². The first-order valence-corrected chi connectivity index (χ1v) is 10.4. The third kappa shape index (κ3) is 3.56. The Hall–Kier alpha value is -2.04. The number of nitrogens with zero attached hydrogens (tertiary/aromatic N) is 3. The van der Waals surface area contributed by atoms with E-state index in [0.29, 0.717) is 19.0 Å². The zero-order valence-corrected chi connectivity index (χ0v) is 16.6. The summed E-state index contributed by atoms with van der Waals surface area (Å²) in [5.74, 6) is 0.723. The van der Waals surface area contributed by atoms with Gasteiger partial charge in [0.15, 0.2) is 0 Å². The fourth-order valence-electron chi connectivity index (χ4n) is 4.62. The minimum atomic E-state index is -0.734. The zero-order chi connectivity index (χ0) is 19.0. The van der Waals surface area contributed by atoms with Crippen molar-refractivity contribution >= 4 is 17.5 Å². The molecule has 0 N–H and O–H groups in total. The molecule has 1 saturated carbocycles. The van der Waals surface area contributed by atoms with Gasteiger partial charge in [0.1, 0.15) is 5.41 Å². The maximum Gasteiger partial charge on any atom is 0.238 e. The normalized spacial score (nSPS) is 24.7. The molecule has 2 amide bonds. The molecule has 5 heteroatoms. The molecule has 0 bridgehead atoms. The first-order valence-electron chi connectivity index (χ1n) is 10.4. The van der Waals surface area contributed by atoms with Crippen LogP contribution in [-0.4, -0.2) is 60.9 Å². The SMILES string of the molecule is Cc1cccc(N2CCN(C(=O)C3(C(=O)N4CCCC(C)C4)CC3)CC2)c1. The molecule has 5 nitrogen and oxygen atoms in total. The fraction of sp³-hybridized carbons (Fsp3) is 0.636. The van der Waals surface area contributed by atoms with Crippen LogP contribution in [0.4, 0.5) is 5.69 Å². The number of hydrogen-bond acceptors (Lipinski definition) is 3. The van der Waals surface area contributed by atoms with Gasteiger partial charge in [-0.25, -0.2) is 0 Å². The summed E-state index contributed by atoms with van der Waals surface area (Å²) in [6.45, 7) is 9.02. The Morgan fingerprint density at radius 2 is 1.70 bits per heavy atom. The Morgan fingerprint density at radius 3 is 2.33 bits per heavy atom. The number of amides is 2. The Labute approximate surface area is 162 Å². The van der Waals surface area contributed by atoms with Gasteiger partial charge in [-0.15, -0.1) is 0 Å². The number of carbonyl (C=O) groups excluding carboxylic acids is 2. The van der Waals surface area contributed by atoms with Gasteiger partial charge in [-0.3, -0.25) is 9.59 Å². The van der Waals surface area contributed by atoms with E-state index in [2.05, 4.69) is 43.0 Å². The Balaban J connectivity index is 1.38. The van der Waals surface area contributed by atoms with Crippen molar-refractivity contribution in [3.63, 3.8) is 0 Å². The van der Waals surface area contributed by atoms with Gasteiger partial charge in [-0.05, 0) is 56.2 Å². The van der Waals surface area contributed by atoms with Crippen molar-refractivity contribution in [1.82, 2.24) is 9.80 Å². The zero-order valence-electron chi connectivity index (χ0n) is 16.6. The fourth-order valence-corrected chi connectivity index (χ4v) is 4.62.